The zero-order chi connectivity index (χ0) is 13.0. The van der Waals surface area contributed by atoms with E-state index in [1.807, 2.05) is 7.05 Å². The van der Waals surface area contributed by atoms with Gasteiger partial charge in [-0.2, -0.15) is 5.10 Å². The van der Waals surface area contributed by atoms with E-state index in [1.165, 1.54) is 24.1 Å². The Hall–Kier alpha value is -0.830. The lowest BCUT2D eigenvalue weighted by atomic mass is 10.1. The Balaban J connectivity index is 2.74. The second kappa shape index (κ2) is 6.20. The lowest BCUT2D eigenvalue weighted by molar-refractivity contribution is 0.482. The van der Waals surface area contributed by atoms with Crippen molar-refractivity contribution in [1.29, 1.82) is 0 Å². The molecule has 0 aliphatic heterocycles. The quantitative estimate of drug-likeness (QED) is 0.823. The van der Waals surface area contributed by atoms with E-state index in [0.29, 0.717) is 6.04 Å². The van der Waals surface area contributed by atoms with Crippen LogP contribution in [0.1, 0.15) is 56.6 Å². The highest BCUT2D eigenvalue weighted by molar-refractivity contribution is 5.27. The third kappa shape index (κ3) is 3.56. The summed E-state index contributed by atoms with van der Waals surface area (Å²) in [7, 11) is 2.00. The molecule has 0 aromatic carbocycles. The number of aryl methyl sites for hydroxylation is 2. The van der Waals surface area contributed by atoms with Crippen LogP contribution in [-0.2, 0) is 6.54 Å². The second-order valence-corrected chi connectivity index (χ2v) is 5.35. The molecule has 3 nitrogen and oxygen atoms in total. The van der Waals surface area contributed by atoms with Crippen molar-refractivity contribution in [3.8, 4) is 0 Å². The van der Waals surface area contributed by atoms with Crippen molar-refractivity contribution in [3.05, 3.63) is 17.0 Å². The van der Waals surface area contributed by atoms with Crippen LogP contribution in [0, 0.1) is 19.8 Å². The van der Waals surface area contributed by atoms with E-state index in [4.69, 9.17) is 0 Å². The first-order chi connectivity index (χ1) is 7.97. The summed E-state index contributed by atoms with van der Waals surface area (Å²) in [5.74, 6) is 0.780. The van der Waals surface area contributed by atoms with Crippen LogP contribution in [-0.4, -0.2) is 16.8 Å². The van der Waals surface area contributed by atoms with Crippen molar-refractivity contribution < 1.29 is 0 Å². The molecule has 3 heteroatoms. The van der Waals surface area contributed by atoms with Crippen LogP contribution in [0.4, 0.5) is 0 Å². The van der Waals surface area contributed by atoms with Crippen LogP contribution in [0.5, 0.6) is 0 Å². The summed E-state index contributed by atoms with van der Waals surface area (Å²) in [5, 5.41) is 7.95. The first-order valence-electron chi connectivity index (χ1n) is 6.68. The summed E-state index contributed by atoms with van der Waals surface area (Å²) in [5.41, 5.74) is 3.83. The summed E-state index contributed by atoms with van der Waals surface area (Å²) in [4.78, 5) is 0. The highest BCUT2D eigenvalue weighted by Gasteiger charge is 2.15. The van der Waals surface area contributed by atoms with E-state index in [1.54, 1.807) is 0 Å². The second-order valence-electron chi connectivity index (χ2n) is 5.35. The van der Waals surface area contributed by atoms with E-state index in [9.17, 15) is 0 Å². The Bertz CT molecular complexity index is 353. The average molecular weight is 237 g/mol. The fraction of sp³-hybridized carbons (Fsp3) is 0.786. The van der Waals surface area contributed by atoms with Crippen molar-refractivity contribution in [2.45, 2.75) is 60.0 Å². The monoisotopic (exact) mass is 237 g/mol. The number of hydrogen-bond acceptors (Lipinski definition) is 2. The van der Waals surface area contributed by atoms with Gasteiger partial charge < -0.3 is 5.32 Å². The van der Waals surface area contributed by atoms with Crippen LogP contribution in [0.3, 0.4) is 0 Å². The molecule has 0 radical (unpaired) electrons. The average Bonchev–Trinajstić information content (AvgIpc) is 2.53. The first kappa shape index (κ1) is 14.2. The largest absolute Gasteiger partial charge is 0.313 e. The molecule has 1 atom stereocenters. The molecule has 0 fully saturated rings. The van der Waals surface area contributed by atoms with Crippen molar-refractivity contribution >= 4 is 0 Å². The number of nitrogens with one attached hydrogen (secondary N) is 1. The molecule has 98 valence electrons. The zero-order valence-electron chi connectivity index (χ0n) is 12.2. The highest BCUT2D eigenvalue weighted by Crippen LogP contribution is 2.21. The Labute approximate surface area is 106 Å². The van der Waals surface area contributed by atoms with Gasteiger partial charge in [0.2, 0.25) is 0 Å². The predicted octanol–water partition coefficient (Wildman–Crippen LogP) is 3.22. The van der Waals surface area contributed by atoms with E-state index in [-0.39, 0.29) is 0 Å². The normalized spacial score (nSPS) is 13.4. The summed E-state index contributed by atoms with van der Waals surface area (Å²) >= 11 is 0. The minimum absolute atomic E-state index is 0.383. The maximum absolute atomic E-state index is 4.65. The molecule has 1 rings (SSSR count). The summed E-state index contributed by atoms with van der Waals surface area (Å²) in [6.45, 7) is 12.1. The molecule has 1 heterocycles. The molecular weight excluding hydrogens is 210 g/mol. The van der Waals surface area contributed by atoms with Crippen molar-refractivity contribution in [3.63, 3.8) is 0 Å². The van der Waals surface area contributed by atoms with E-state index in [0.717, 1.165) is 18.2 Å². The Kier molecular flexibility index (Phi) is 5.19. The molecule has 0 aliphatic rings. The fourth-order valence-electron chi connectivity index (χ4n) is 2.35. The molecule has 1 N–H and O–H groups in total. The minimum atomic E-state index is 0.383. The molecular formula is C14H27N3. The van der Waals surface area contributed by atoms with Gasteiger partial charge >= 0.3 is 0 Å². The first-order valence-corrected chi connectivity index (χ1v) is 6.68. The van der Waals surface area contributed by atoms with Crippen LogP contribution in [0.25, 0.3) is 0 Å². The fourth-order valence-corrected chi connectivity index (χ4v) is 2.35. The van der Waals surface area contributed by atoms with Crippen LogP contribution < -0.4 is 5.32 Å². The third-order valence-corrected chi connectivity index (χ3v) is 3.45. The molecule has 17 heavy (non-hydrogen) atoms. The molecule has 0 saturated heterocycles. The van der Waals surface area contributed by atoms with Gasteiger partial charge in [-0.1, -0.05) is 13.8 Å². The summed E-state index contributed by atoms with van der Waals surface area (Å²) in [6.07, 6.45) is 2.49. The molecule has 0 aliphatic carbocycles. The van der Waals surface area contributed by atoms with Crippen LogP contribution in [0.15, 0.2) is 0 Å². The Morgan fingerprint density at radius 1 is 1.24 bits per heavy atom. The maximum Gasteiger partial charge on any atom is 0.0644 e. The molecule has 1 aromatic rings. The Morgan fingerprint density at radius 2 is 1.88 bits per heavy atom. The number of rotatable bonds is 6. The zero-order valence-corrected chi connectivity index (χ0v) is 12.2. The Morgan fingerprint density at radius 3 is 2.41 bits per heavy atom. The van der Waals surface area contributed by atoms with Gasteiger partial charge in [0.1, 0.15) is 0 Å². The highest BCUT2D eigenvalue weighted by atomic mass is 15.3. The van der Waals surface area contributed by atoms with Gasteiger partial charge in [-0.15, -0.1) is 0 Å². The molecule has 0 bridgehead atoms. The topological polar surface area (TPSA) is 29.9 Å². The van der Waals surface area contributed by atoms with Crippen LogP contribution >= 0.6 is 0 Å². The smallest absolute Gasteiger partial charge is 0.0644 e. The predicted molar refractivity (Wildman–Crippen MR) is 73.2 cm³/mol. The van der Waals surface area contributed by atoms with E-state index >= 15 is 0 Å². The molecule has 0 spiro atoms. The SMILES string of the molecule is CNC(C)c1c(C)nn(CCCC(C)C)c1C. The lowest BCUT2D eigenvalue weighted by Gasteiger charge is -2.11. The standard InChI is InChI=1S/C14H27N3/c1-10(2)8-7-9-17-13(5)14(11(3)15-6)12(4)16-17/h10-11,15H,7-9H2,1-6H3. The maximum atomic E-state index is 4.65. The molecule has 1 unspecified atom stereocenters. The minimum Gasteiger partial charge on any atom is -0.313 e. The van der Waals surface area contributed by atoms with Gasteiger partial charge in [-0.05, 0) is 46.6 Å². The molecule has 0 saturated carbocycles. The number of hydrogen-bond donors (Lipinski definition) is 1. The van der Waals surface area contributed by atoms with E-state index < -0.39 is 0 Å². The molecule has 1 aromatic heterocycles. The van der Waals surface area contributed by atoms with Gasteiger partial charge in [0.25, 0.3) is 0 Å². The summed E-state index contributed by atoms with van der Waals surface area (Å²) < 4.78 is 2.17. The van der Waals surface area contributed by atoms with Gasteiger partial charge in [0.05, 0.1) is 5.69 Å². The van der Waals surface area contributed by atoms with Gasteiger partial charge in [0.15, 0.2) is 0 Å². The lowest BCUT2D eigenvalue weighted by Crippen LogP contribution is -2.14. The summed E-state index contributed by atoms with van der Waals surface area (Å²) in [6, 6.07) is 0.383. The van der Waals surface area contributed by atoms with Crippen molar-refractivity contribution in [2.24, 2.45) is 5.92 Å². The molecule has 0 amide bonds. The van der Waals surface area contributed by atoms with Crippen LogP contribution in [0.2, 0.25) is 0 Å². The van der Waals surface area contributed by atoms with Gasteiger partial charge in [-0.25, -0.2) is 0 Å². The number of nitrogens with zero attached hydrogens (tertiary/aromatic N) is 2. The van der Waals surface area contributed by atoms with Gasteiger partial charge in [-0.3, -0.25) is 4.68 Å². The van der Waals surface area contributed by atoms with E-state index in [2.05, 4.69) is 49.7 Å². The van der Waals surface area contributed by atoms with Crippen molar-refractivity contribution in [2.75, 3.05) is 7.05 Å². The number of aromatic nitrogens is 2. The van der Waals surface area contributed by atoms with Gasteiger partial charge in [0, 0.05) is 23.8 Å². The van der Waals surface area contributed by atoms with Crippen molar-refractivity contribution in [1.82, 2.24) is 15.1 Å². The third-order valence-electron chi connectivity index (χ3n) is 3.45.